The van der Waals surface area contributed by atoms with E-state index in [0.717, 1.165) is 38.1 Å². The number of likely N-dealkylation sites (tertiary alicyclic amines) is 1. The Bertz CT molecular complexity index is 498. The van der Waals surface area contributed by atoms with Gasteiger partial charge in [-0.05, 0) is 55.3 Å². The van der Waals surface area contributed by atoms with Crippen LogP contribution >= 0.6 is 0 Å². The molecule has 0 N–H and O–H groups in total. The average Bonchev–Trinajstić information content (AvgIpc) is 3.07. The van der Waals surface area contributed by atoms with E-state index in [2.05, 4.69) is 17.0 Å². The fourth-order valence-electron chi connectivity index (χ4n) is 3.47. The van der Waals surface area contributed by atoms with Gasteiger partial charge < -0.3 is 4.74 Å². The molecule has 3 heteroatoms. The maximum absolute atomic E-state index is 12.4. The van der Waals surface area contributed by atoms with Crippen LogP contribution in [0.15, 0.2) is 18.2 Å². The molecule has 0 saturated carbocycles. The summed E-state index contributed by atoms with van der Waals surface area (Å²) < 4.78 is 5.20. The van der Waals surface area contributed by atoms with Crippen LogP contribution < -0.4 is 0 Å². The number of aryl methyl sites for hydroxylation is 2. The molecule has 1 aliphatic heterocycles. The maximum atomic E-state index is 12.4. The van der Waals surface area contributed by atoms with Crippen LogP contribution in [-0.4, -0.2) is 44.0 Å². The third kappa shape index (κ3) is 2.94. The minimum Gasteiger partial charge on any atom is -0.384 e. The Kier molecular flexibility index (Phi) is 4.18. The van der Waals surface area contributed by atoms with Crippen LogP contribution in [0.4, 0.5) is 0 Å². The minimum atomic E-state index is 0.262. The average molecular weight is 273 g/mol. The number of carbonyl (C=O) groups is 1. The highest BCUT2D eigenvalue weighted by Crippen LogP contribution is 2.23. The molecule has 1 aliphatic carbocycles. The standard InChI is InChI=1S/C17H23NO2/c1-20-12-13-7-8-18(10-13)11-17(19)16-6-5-14-3-2-4-15(14)9-16/h5-6,9,13H,2-4,7-8,10-12H2,1H3. The van der Waals surface area contributed by atoms with Crippen molar-refractivity contribution in [2.75, 3.05) is 33.4 Å². The largest absolute Gasteiger partial charge is 0.384 e. The Morgan fingerprint density at radius 1 is 1.35 bits per heavy atom. The van der Waals surface area contributed by atoms with Crippen molar-refractivity contribution in [3.05, 3.63) is 34.9 Å². The zero-order valence-electron chi connectivity index (χ0n) is 12.2. The Morgan fingerprint density at radius 3 is 3.05 bits per heavy atom. The first-order chi connectivity index (χ1) is 9.76. The van der Waals surface area contributed by atoms with E-state index in [4.69, 9.17) is 4.74 Å². The molecule has 20 heavy (non-hydrogen) atoms. The lowest BCUT2D eigenvalue weighted by atomic mass is 10.0. The molecule has 1 aromatic rings. The molecule has 0 bridgehead atoms. The Balaban J connectivity index is 1.60. The molecule has 1 heterocycles. The van der Waals surface area contributed by atoms with Gasteiger partial charge in [-0.3, -0.25) is 9.69 Å². The van der Waals surface area contributed by atoms with Crippen LogP contribution in [0.1, 0.15) is 34.3 Å². The van der Waals surface area contributed by atoms with Gasteiger partial charge in [-0.15, -0.1) is 0 Å². The number of methoxy groups -OCH3 is 1. The normalized spacial score (nSPS) is 22.1. The number of ketones is 1. The first-order valence-electron chi connectivity index (χ1n) is 7.62. The van der Waals surface area contributed by atoms with E-state index in [1.807, 2.05) is 6.07 Å². The van der Waals surface area contributed by atoms with Gasteiger partial charge in [-0.1, -0.05) is 12.1 Å². The van der Waals surface area contributed by atoms with E-state index >= 15 is 0 Å². The topological polar surface area (TPSA) is 29.5 Å². The lowest BCUT2D eigenvalue weighted by Crippen LogP contribution is -2.28. The summed E-state index contributed by atoms with van der Waals surface area (Å²) in [4.78, 5) is 14.7. The van der Waals surface area contributed by atoms with E-state index in [9.17, 15) is 4.79 Å². The number of Topliss-reactive ketones (excluding diaryl/α,β-unsaturated/α-hetero) is 1. The summed E-state index contributed by atoms with van der Waals surface area (Å²) in [5, 5.41) is 0. The van der Waals surface area contributed by atoms with Crippen LogP contribution in [0.5, 0.6) is 0 Å². The Labute approximate surface area is 120 Å². The van der Waals surface area contributed by atoms with Gasteiger partial charge in [-0.2, -0.15) is 0 Å². The van der Waals surface area contributed by atoms with Gasteiger partial charge in [0, 0.05) is 19.2 Å². The summed E-state index contributed by atoms with van der Waals surface area (Å²) in [6, 6.07) is 6.27. The predicted molar refractivity (Wildman–Crippen MR) is 79.2 cm³/mol. The van der Waals surface area contributed by atoms with E-state index in [0.29, 0.717) is 12.5 Å². The molecule has 2 aliphatic rings. The predicted octanol–water partition coefficient (Wildman–Crippen LogP) is 2.33. The monoisotopic (exact) mass is 273 g/mol. The minimum absolute atomic E-state index is 0.262. The van der Waals surface area contributed by atoms with E-state index in [1.165, 1.54) is 24.0 Å². The Hall–Kier alpha value is -1.19. The van der Waals surface area contributed by atoms with Gasteiger partial charge >= 0.3 is 0 Å². The smallest absolute Gasteiger partial charge is 0.176 e. The second kappa shape index (κ2) is 6.06. The molecule has 108 valence electrons. The number of hydrogen-bond acceptors (Lipinski definition) is 3. The molecule has 3 rings (SSSR count). The third-order valence-corrected chi connectivity index (χ3v) is 4.56. The number of ether oxygens (including phenoxy) is 1. The number of carbonyl (C=O) groups excluding carboxylic acids is 1. The Morgan fingerprint density at radius 2 is 2.20 bits per heavy atom. The fourth-order valence-corrected chi connectivity index (χ4v) is 3.47. The van der Waals surface area contributed by atoms with Gasteiger partial charge in [0.25, 0.3) is 0 Å². The second-order valence-corrected chi connectivity index (χ2v) is 6.11. The lowest BCUT2D eigenvalue weighted by molar-refractivity contribution is 0.0937. The van der Waals surface area contributed by atoms with Gasteiger partial charge in [0.05, 0.1) is 13.2 Å². The van der Waals surface area contributed by atoms with Crippen LogP contribution in [0.2, 0.25) is 0 Å². The van der Waals surface area contributed by atoms with Gasteiger partial charge in [0.15, 0.2) is 5.78 Å². The molecule has 1 unspecified atom stereocenters. The van der Waals surface area contributed by atoms with Crippen molar-refractivity contribution in [2.24, 2.45) is 5.92 Å². The SMILES string of the molecule is COCC1CCN(CC(=O)c2ccc3c(c2)CCC3)C1. The van der Waals surface area contributed by atoms with E-state index in [1.54, 1.807) is 7.11 Å². The molecule has 1 aromatic carbocycles. The molecule has 0 amide bonds. The van der Waals surface area contributed by atoms with Gasteiger partial charge in [0.1, 0.15) is 0 Å². The summed E-state index contributed by atoms with van der Waals surface area (Å²) in [5.74, 6) is 0.852. The molecular formula is C17H23NO2. The van der Waals surface area contributed by atoms with Crippen molar-refractivity contribution in [3.63, 3.8) is 0 Å². The summed E-state index contributed by atoms with van der Waals surface area (Å²) in [5.41, 5.74) is 3.71. The van der Waals surface area contributed by atoms with Crippen molar-refractivity contribution in [3.8, 4) is 0 Å². The van der Waals surface area contributed by atoms with Gasteiger partial charge in [0.2, 0.25) is 0 Å². The highest BCUT2D eigenvalue weighted by molar-refractivity contribution is 5.97. The molecule has 3 nitrogen and oxygen atoms in total. The van der Waals surface area contributed by atoms with Crippen molar-refractivity contribution < 1.29 is 9.53 Å². The van der Waals surface area contributed by atoms with E-state index < -0.39 is 0 Å². The molecule has 1 atom stereocenters. The van der Waals surface area contributed by atoms with Crippen LogP contribution in [0.25, 0.3) is 0 Å². The van der Waals surface area contributed by atoms with Crippen molar-refractivity contribution in [1.29, 1.82) is 0 Å². The molecule has 0 aromatic heterocycles. The maximum Gasteiger partial charge on any atom is 0.176 e. The van der Waals surface area contributed by atoms with Crippen LogP contribution in [0.3, 0.4) is 0 Å². The first kappa shape index (κ1) is 13.8. The fraction of sp³-hybridized carbons (Fsp3) is 0.588. The number of nitrogens with zero attached hydrogens (tertiary/aromatic N) is 1. The molecule has 0 radical (unpaired) electrons. The van der Waals surface area contributed by atoms with Crippen molar-refractivity contribution >= 4 is 5.78 Å². The van der Waals surface area contributed by atoms with E-state index in [-0.39, 0.29) is 5.78 Å². The summed E-state index contributed by atoms with van der Waals surface area (Å²) in [7, 11) is 1.75. The highest BCUT2D eigenvalue weighted by atomic mass is 16.5. The van der Waals surface area contributed by atoms with Crippen molar-refractivity contribution in [1.82, 2.24) is 4.90 Å². The highest BCUT2D eigenvalue weighted by Gasteiger charge is 2.24. The summed E-state index contributed by atoms with van der Waals surface area (Å²) in [6.07, 6.45) is 4.69. The zero-order chi connectivity index (χ0) is 13.9. The van der Waals surface area contributed by atoms with Crippen LogP contribution in [0, 0.1) is 5.92 Å². The molecular weight excluding hydrogens is 250 g/mol. The number of benzene rings is 1. The quantitative estimate of drug-likeness (QED) is 0.771. The second-order valence-electron chi connectivity index (χ2n) is 6.11. The molecule has 1 saturated heterocycles. The molecule has 0 spiro atoms. The lowest BCUT2D eigenvalue weighted by Gasteiger charge is -2.15. The van der Waals surface area contributed by atoms with Crippen LogP contribution in [-0.2, 0) is 17.6 Å². The molecule has 1 fully saturated rings. The third-order valence-electron chi connectivity index (χ3n) is 4.56. The zero-order valence-corrected chi connectivity index (χ0v) is 12.2. The first-order valence-corrected chi connectivity index (χ1v) is 7.62. The number of hydrogen-bond donors (Lipinski definition) is 0. The number of fused-ring (bicyclic) bond motifs is 1. The van der Waals surface area contributed by atoms with Gasteiger partial charge in [-0.25, -0.2) is 0 Å². The summed E-state index contributed by atoms with van der Waals surface area (Å²) in [6.45, 7) is 3.37. The summed E-state index contributed by atoms with van der Waals surface area (Å²) >= 11 is 0. The number of rotatable bonds is 5. The van der Waals surface area contributed by atoms with Crippen molar-refractivity contribution in [2.45, 2.75) is 25.7 Å².